The average Bonchev–Trinajstić information content (AvgIpc) is 4.10. The molecule has 9 aromatic carbocycles. The van der Waals surface area contributed by atoms with Gasteiger partial charge in [0.1, 0.15) is 22.9 Å². The van der Waals surface area contributed by atoms with E-state index in [0.717, 1.165) is 56.4 Å². The molecule has 3 heteroatoms. The molecule has 1 aromatic heterocycles. The van der Waals surface area contributed by atoms with Gasteiger partial charge in [-0.2, -0.15) is 0 Å². The molecule has 3 aliphatic carbocycles. The van der Waals surface area contributed by atoms with Gasteiger partial charge in [0.15, 0.2) is 0 Å². The van der Waals surface area contributed by atoms with Crippen molar-refractivity contribution >= 4 is 33.6 Å². The van der Waals surface area contributed by atoms with E-state index < -0.39 is 5.41 Å². The van der Waals surface area contributed by atoms with Gasteiger partial charge in [0, 0.05) is 39.9 Å². The molecule has 14 rings (SSSR count). The van der Waals surface area contributed by atoms with Crippen LogP contribution in [0, 0.1) is 0 Å². The molecule has 0 bridgehead atoms. The summed E-state index contributed by atoms with van der Waals surface area (Å²) in [6.45, 7) is 0. The smallest absolute Gasteiger partial charge is 0.134 e. The van der Waals surface area contributed by atoms with Gasteiger partial charge in [0.05, 0.1) is 17.0 Å². The minimum absolute atomic E-state index is 0.0986. The van der Waals surface area contributed by atoms with Crippen LogP contribution in [0.3, 0.4) is 0 Å². The van der Waals surface area contributed by atoms with Crippen LogP contribution in [0.1, 0.15) is 50.6 Å². The number of benzene rings is 9. The van der Waals surface area contributed by atoms with Crippen LogP contribution in [0.2, 0.25) is 0 Å². The fraction of sp³-hybridized carbons (Fsp3) is 0.0492. The highest BCUT2D eigenvalue weighted by Gasteiger charge is 2.53. The monoisotopic (exact) mass is 817 g/mol. The van der Waals surface area contributed by atoms with Gasteiger partial charge in [-0.3, -0.25) is 0 Å². The Bertz CT molecular complexity index is 3520. The lowest BCUT2D eigenvalue weighted by molar-refractivity contribution is 0.415. The second-order valence-corrected chi connectivity index (χ2v) is 17.4. The number of allylic oxidation sites excluding steroid dienone is 1. The van der Waals surface area contributed by atoms with Crippen LogP contribution in [0.15, 0.2) is 229 Å². The molecule has 0 N–H and O–H groups in total. The number of nitrogens with zero attached hydrogens (tertiary/aromatic N) is 1. The molecule has 1 spiro atoms. The van der Waals surface area contributed by atoms with Crippen LogP contribution in [-0.2, 0) is 11.8 Å². The number of furan rings is 1. The molecule has 0 radical (unpaired) electrons. The summed E-state index contributed by atoms with van der Waals surface area (Å²) < 4.78 is 14.3. The molecule has 4 aliphatic rings. The Morgan fingerprint density at radius 2 is 1.00 bits per heavy atom. The molecule has 3 nitrogen and oxygen atoms in total. The van der Waals surface area contributed by atoms with Crippen LogP contribution in [0.5, 0.6) is 5.75 Å². The van der Waals surface area contributed by atoms with Gasteiger partial charge in [-0.15, -0.1) is 0 Å². The molecule has 1 aliphatic heterocycles. The van der Waals surface area contributed by atoms with E-state index in [-0.39, 0.29) is 5.92 Å². The van der Waals surface area contributed by atoms with E-state index in [9.17, 15) is 0 Å². The Morgan fingerprint density at radius 1 is 0.438 bits per heavy atom. The summed E-state index contributed by atoms with van der Waals surface area (Å²) >= 11 is 0. The van der Waals surface area contributed by atoms with Crippen molar-refractivity contribution in [3.8, 4) is 39.1 Å². The Labute approximate surface area is 371 Å². The van der Waals surface area contributed by atoms with E-state index in [4.69, 9.17) is 9.15 Å². The maximum absolute atomic E-state index is 7.38. The molecule has 0 saturated heterocycles. The number of fused-ring (bicyclic) bond motifs is 16. The zero-order valence-corrected chi connectivity index (χ0v) is 34.8. The Hall–Kier alpha value is -8.14. The SMILES string of the molecule is c1ccc(-c2ccc(N(c3ccccc3)c3cccc4c3C3Cc5oc6ccccc6c5C(c5cccc6c5-c5ccccc5C65c6ccccc6-c6ccccc65)=C3O4)cc2)cc1. The number of rotatable bonds is 5. The van der Waals surface area contributed by atoms with E-state index in [1.807, 2.05) is 0 Å². The summed E-state index contributed by atoms with van der Waals surface area (Å²) in [6, 6.07) is 79.4. The molecule has 10 aromatic rings. The summed E-state index contributed by atoms with van der Waals surface area (Å²) in [6.07, 6.45) is 0.679. The lowest BCUT2D eigenvalue weighted by Gasteiger charge is -2.31. The quantitative estimate of drug-likeness (QED) is 0.173. The Kier molecular flexibility index (Phi) is 7.44. The number of anilines is 3. The first-order valence-corrected chi connectivity index (χ1v) is 22.3. The van der Waals surface area contributed by atoms with Crippen molar-refractivity contribution in [1.29, 1.82) is 0 Å². The molecule has 64 heavy (non-hydrogen) atoms. The molecule has 0 fully saturated rings. The summed E-state index contributed by atoms with van der Waals surface area (Å²) in [4.78, 5) is 2.39. The fourth-order valence-corrected chi connectivity index (χ4v) is 11.8. The van der Waals surface area contributed by atoms with Gasteiger partial charge in [0.2, 0.25) is 0 Å². The zero-order valence-electron chi connectivity index (χ0n) is 34.8. The van der Waals surface area contributed by atoms with Crippen LogP contribution in [-0.4, -0.2) is 0 Å². The third-order valence-corrected chi connectivity index (χ3v) is 14.3. The normalized spacial score (nSPS) is 15.5. The van der Waals surface area contributed by atoms with Gasteiger partial charge in [-0.05, 0) is 104 Å². The highest BCUT2D eigenvalue weighted by Crippen LogP contribution is 2.65. The first-order valence-electron chi connectivity index (χ1n) is 22.3. The van der Waals surface area contributed by atoms with Crippen molar-refractivity contribution in [2.24, 2.45) is 0 Å². The van der Waals surface area contributed by atoms with E-state index in [2.05, 4.69) is 223 Å². The lowest BCUT2D eigenvalue weighted by atomic mass is 9.70. The van der Waals surface area contributed by atoms with Crippen molar-refractivity contribution < 1.29 is 9.15 Å². The number of hydrogen-bond acceptors (Lipinski definition) is 3. The largest absolute Gasteiger partial charge is 0.460 e. The molecule has 1 atom stereocenters. The maximum atomic E-state index is 7.38. The molecule has 300 valence electrons. The second kappa shape index (κ2) is 13.4. The predicted octanol–water partition coefficient (Wildman–Crippen LogP) is 15.4. The Morgan fingerprint density at radius 3 is 1.75 bits per heavy atom. The fourth-order valence-electron chi connectivity index (χ4n) is 11.8. The second-order valence-electron chi connectivity index (χ2n) is 17.4. The average molecular weight is 818 g/mol. The van der Waals surface area contributed by atoms with Crippen molar-refractivity contribution in [1.82, 2.24) is 0 Å². The molecule has 0 saturated carbocycles. The third kappa shape index (κ3) is 4.76. The summed E-state index contributed by atoms with van der Waals surface area (Å²) in [7, 11) is 0. The van der Waals surface area contributed by atoms with Crippen LogP contribution in [0.4, 0.5) is 17.1 Å². The third-order valence-electron chi connectivity index (χ3n) is 14.3. The van der Waals surface area contributed by atoms with Gasteiger partial charge in [0.25, 0.3) is 0 Å². The minimum atomic E-state index is -0.464. The highest BCUT2D eigenvalue weighted by molar-refractivity contribution is 6.06. The number of para-hydroxylation sites is 2. The summed E-state index contributed by atoms with van der Waals surface area (Å²) in [5.74, 6) is 2.76. The van der Waals surface area contributed by atoms with Crippen molar-refractivity contribution in [2.75, 3.05) is 4.90 Å². The summed E-state index contributed by atoms with van der Waals surface area (Å²) in [5.41, 5.74) is 21.1. The topological polar surface area (TPSA) is 25.6 Å². The van der Waals surface area contributed by atoms with Gasteiger partial charge in [-0.1, -0.05) is 176 Å². The number of ether oxygens (including phenoxy) is 1. The van der Waals surface area contributed by atoms with E-state index in [0.29, 0.717) is 6.42 Å². The van der Waals surface area contributed by atoms with Crippen LogP contribution >= 0.6 is 0 Å². The predicted molar refractivity (Wildman–Crippen MR) is 259 cm³/mol. The van der Waals surface area contributed by atoms with E-state index >= 15 is 0 Å². The molecule has 2 heterocycles. The van der Waals surface area contributed by atoms with Gasteiger partial charge in [-0.25, -0.2) is 0 Å². The van der Waals surface area contributed by atoms with Crippen LogP contribution < -0.4 is 9.64 Å². The van der Waals surface area contributed by atoms with Gasteiger partial charge >= 0.3 is 0 Å². The van der Waals surface area contributed by atoms with Crippen LogP contribution in [0.25, 0.3) is 49.9 Å². The lowest BCUT2D eigenvalue weighted by Crippen LogP contribution is -2.25. The molecular formula is C61H39NO2. The van der Waals surface area contributed by atoms with Crippen molar-refractivity contribution in [2.45, 2.75) is 17.8 Å². The van der Waals surface area contributed by atoms with Crippen molar-refractivity contribution in [3.63, 3.8) is 0 Å². The maximum Gasteiger partial charge on any atom is 0.134 e. The summed E-state index contributed by atoms with van der Waals surface area (Å²) in [5, 5.41) is 1.11. The number of hydrogen-bond donors (Lipinski definition) is 0. The Balaban J connectivity index is 1.02. The molecule has 0 amide bonds. The zero-order chi connectivity index (χ0) is 41.9. The highest BCUT2D eigenvalue weighted by atomic mass is 16.5. The van der Waals surface area contributed by atoms with Gasteiger partial charge < -0.3 is 14.1 Å². The van der Waals surface area contributed by atoms with E-state index in [1.54, 1.807) is 0 Å². The first kappa shape index (κ1) is 35.5. The molecular weight excluding hydrogens is 779 g/mol. The minimum Gasteiger partial charge on any atom is -0.460 e. The first-order chi connectivity index (χ1) is 31.8. The standard InChI is InChI=1S/C61H39NO2/c1-3-17-38(18-4-1)39-33-35-41(36-34-39)62(40-19-5-2-6-20-40)52-30-16-32-54-57(52)47-37-55-58(45-24-10-14-31-53(45)63-55)59(60(47)64-54)46-25-15-29-51-56(46)44-23-9-13-28-50(44)61(51)48-26-11-7-21-42(48)43-22-8-12-27-49(43)61/h1-36,47H,37H2. The van der Waals surface area contributed by atoms with E-state index in [1.165, 1.54) is 66.8 Å². The molecule has 1 unspecified atom stereocenters. The van der Waals surface area contributed by atoms with Crippen molar-refractivity contribution in [3.05, 3.63) is 269 Å².